The fourth-order valence-corrected chi connectivity index (χ4v) is 2.01. The van der Waals surface area contributed by atoms with E-state index in [9.17, 15) is 9.90 Å². The molecule has 1 heterocycles. The summed E-state index contributed by atoms with van der Waals surface area (Å²) >= 11 is 3.30. The lowest BCUT2D eigenvalue weighted by molar-refractivity contribution is -0.123. The zero-order valence-corrected chi connectivity index (χ0v) is 8.55. The van der Waals surface area contributed by atoms with Crippen LogP contribution in [0.3, 0.4) is 0 Å². The van der Waals surface area contributed by atoms with Crippen molar-refractivity contribution in [2.45, 2.75) is 13.0 Å². The fraction of sp³-hybridized carbons (Fsp3) is 0.222. The number of amides is 1. The number of nitrogens with one attached hydrogen (secondary N) is 1. The van der Waals surface area contributed by atoms with Crippen LogP contribution in [0.2, 0.25) is 0 Å². The monoisotopic (exact) mass is 241 g/mol. The molecule has 2 N–H and O–H groups in total. The number of hydrogen-bond acceptors (Lipinski definition) is 2. The van der Waals surface area contributed by atoms with Gasteiger partial charge in [-0.3, -0.25) is 4.79 Å². The van der Waals surface area contributed by atoms with E-state index in [1.165, 1.54) is 0 Å². The van der Waals surface area contributed by atoms with E-state index in [0.717, 1.165) is 15.7 Å². The third-order valence-corrected chi connectivity index (χ3v) is 2.86. The number of aliphatic hydroxyl groups is 1. The molecule has 1 aromatic carbocycles. The van der Waals surface area contributed by atoms with E-state index in [0.29, 0.717) is 5.56 Å². The van der Waals surface area contributed by atoms with Crippen LogP contribution in [0.25, 0.3) is 0 Å². The molecule has 0 saturated carbocycles. The number of aryl methyl sites for hydroxylation is 1. The summed E-state index contributed by atoms with van der Waals surface area (Å²) in [5.41, 5.74) is 2.33. The van der Waals surface area contributed by atoms with Crippen molar-refractivity contribution in [1.29, 1.82) is 0 Å². The van der Waals surface area contributed by atoms with Crippen LogP contribution < -0.4 is 5.32 Å². The molecule has 0 spiro atoms. The van der Waals surface area contributed by atoms with Crippen molar-refractivity contribution in [2.24, 2.45) is 0 Å². The average Bonchev–Trinajstić information content (AvgIpc) is 2.38. The Balaban J connectivity index is 2.68. The highest BCUT2D eigenvalue weighted by molar-refractivity contribution is 9.10. The van der Waals surface area contributed by atoms with E-state index in [1.54, 1.807) is 0 Å². The summed E-state index contributed by atoms with van der Waals surface area (Å²) in [6, 6.07) is 3.72. The summed E-state index contributed by atoms with van der Waals surface area (Å²) in [7, 11) is 0. The summed E-state index contributed by atoms with van der Waals surface area (Å²) in [6.07, 6.45) is -1.04. The van der Waals surface area contributed by atoms with Crippen LogP contribution in [-0.4, -0.2) is 11.0 Å². The number of benzene rings is 1. The van der Waals surface area contributed by atoms with Crippen LogP contribution in [0.15, 0.2) is 16.6 Å². The van der Waals surface area contributed by atoms with Gasteiger partial charge >= 0.3 is 0 Å². The Kier molecular flexibility index (Phi) is 1.89. The van der Waals surface area contributed by atoms with Crippen molar-refractivity contribution in [3.8, 4) is 0 Å². The van der Waals surface area contributed by atoms with Gasteiger partial charge in [-0.25, -0.2) is 0 Å². The Morgan fingerprint density at radius 2 is 2.23 bits per heavy atom. The van der Waals surface area contributed by atoms with Gasteiger partial charge in [0.15, 0.2) is 6.10 Å². The molecular weight excluding hydrogens is 234 g/mol. The van der Waals surface area contributed by atoms with Crippen LogP contribution in [0, 0.1) is 6.92 Å². The smallest absolute Gasteiger partial charge is 0.257 e. The predicted octanol–water partition coefficient (Wildman–Crippen LogP) is 1.74. The maximum atomic E-state index is 11.2. The molecule has 1 aromatic rings. The molecule has 3 nitrogen and oxygen atoms in total. The highest BCUT2D eigenvalue weighted by Gasteiger charge is 2.31. The van der Waals surface area contributed by atoms with Crippen LogP contribution in [0.4, 0.5) is 5.69 Å². The molecule has 0 aromatic heterocycles. The maximum absolute atomic E-state index is 11.2. The zero-order valence-electron chi connectivity index (χ0n) is 6.97. The molecule has 1 unspecified atom stereocenters. The predicted molar refractivity (Wildman–Crippen MR) is 52.5 cm³/mol. The summed E-state index contributed by atoms with van der Waals surface area (Å²) in [4.78, 5) is 11.2. The summed E-state index contributed by atoms with van der Waals surface area (Å²) in [6.45, 7) is 1.89. The topological polar surface area (TPSA) is 49.3 Å². The van der Waals surface area contributed by atoms with Gasteiger partial charge in [0.05, 0.1) is 5.69 Å². The number of hydrogen-bond donors (Lipinski definition) is 2. The van der Waals surface area contributed by atoms with Gasteiger partial charge in [-0.2, -0.15) is 0 Å². The van der Waals surface area contributed by atoms with Gasteiger partial charge < -0.3 is 10.4 Å². The first-order valence-electron chi connectivity index (χ1n) is 3.89. The number of aliphatic hydroxyl groups excluding tert-OH is 1. The van der Waals surface area contributed by atoms with Gasteiger partial charge in [-0.05, 0) is 18.6 Å². The number of rotatable bonds is 0. The molecule has 1 amide bonds. The van der Waals surface area contributed by atoms with Crippen molar-refractivity contribution in [3.05, 3.63) is 27.7 Å². The van der Waals surface area contributed by atoms with E-state index in [4.69, 9.17) is 0 Å². The van der Waals surface area contributed by atoms with E-state index in [-0.39, 0.29) is 5.91 Å². The molecule has 0 aliphatic carbocycles. The van der Waals surface area contributed by atoms with Crippen molar-refractivity contribution >= 4 is 27.5 Å². The maximum Gasteiger partial charge on any atom is 0.257 e. The number of anilines is 1. The highest BCUT2D eigenvalue weighted by Crippen LogP contribution is 2.38. The highest BCUT2D eigenvalue weighted by atomic mass is 79.9. The molecule has 0 saturated heterocycles. The average molecular weight is 242 g/mol. The number of halogens is 1. The first kappa shape index (κ1) is 8.72. The lowest BCUT2D eigenvalue weighted by Crippen LogP contribution is -2.10. The van der Waals surface area contributed by atoms with Gasteiger partial charge in [-0.1, -0.05) is 22.0 Å². The van der Waals surface area contributed by atoms with Crippen molar-refractivity contribution in [3.63, 3.8) is 0 Å². The minimum atomic E-state index is -1.04. The zero-order chi connectivity index (χ0) is 9.59. The van der Waals surface area contributed by atoms with E-state index in [2.05, 4.69) is 21.2 Å². The first-order valence-corrected chi connectivity index (χ1v) is 4.68. The van der Waals surface area contributed by atoms with Crippen LogP contribution in [0.5, 0.6) is 0 Å². The fourth-order valence-electron chi connectivity index (χ4n) is 1.46. The van der Waals surface area contributed by atoms with Crippen LogP contribution in [-0.2, 0) is 4.79 Å². The molecule has 13 heavy (non-hydrogen) atoms. The van der Waals surface area contributed by atoms with Crippen LogP contribution >= 0.6 is 15.9 Å². The van der Waals surface area contributed by atoms with Gasteiger partial charge in [0.1, 0.15) is 0 Å². The largest absolute Gasteiger partial charge is 0.378 e. The molecule has 0 bridgehead atoms. The molecule has 4 heteroatoms. The van der Waals surface area contributed by atoms with Crippen molar-refractivity contribution < 1.29 is 9.90 Å². The lowest BCUT2D eigenvalue weighted by atomic mass is 10.1. The quantitative estimate of drug-likeness (QED) is 0.728. The van der Waals surface area contributed by atoms with Gasteiger partial charge in [0.25, 0.3) is 5.91 Å². The van der Waals surface area contributed by atoms with Crippen LogP contribution in [0.1, 0.15) is 17.2 Å². The van der Waals surface area contributed by atoms with E-state index >= 15 is 0 Å². The molecule has 68 valence electrons. The Morgan fingerprint density at radius 3 is 2.85 bits per heavy atom. The minimum absolute atomic E-state index is 0.356. The number of fused-ring (bicyclic) bond motifs is 1. The molecule has 1 aliphatic heterocycles. The van der Waals surface area contributed by atoms with Crippen molar-refractivity contribution in [2.75, 3.05) is 5.32 Å². The molecule has 1 atom stereocenters. The Bertz CT molecular complexity index is 389. The van der Waals surface area contributed by atoms with Gasteiger partial charge in [0, 0.05) is 10.0 Å². The molecule has 0 fully saturated rings. The number of carbonyl (C=O) groups excluding carboxylic acids is 1. The Labute approximate surface area is 83.9 Å². The summed E-state index contributed by atoms with van der Waals surface area (Å²) in [5.74, 6) is -0.356. The van der Waals surface area contributed by atoms with Crippen molar-refractivity contribution in [1.82, 2.24) is 0 Å². The second kappa shape index (κ2) is 2.82. The van der Waals surface area contributed by atoms with Gasteiger partial charge in [0.2, 0.25) is 0 Å². The third-order valence-electron chi connectivity index (χ3n) is 2.17. The molecule has 2 rings (SSSR count). The Morgan fingerprint density at radius 1 is 1.54 bits per heavy atom. The summed E-state index contributed by atoms with van der Waals surface area (Å²) in [5, 5.41) is 12.2. The first-order chi connectivity index (χ1) is 6.11. The molecular formula is C9H8BrNO2. The standard InChI is InChI=1S/C9H8BrNO2/c1-4-2-3-5(10)6-7(4)11-9(13)8(6)12/h2-3,8,12H,1H3,(H,11,13). The van der Waals surface area contributed by atoms with Gasteiger partial charge in [-0.15, -0.1) is 0 Å². The normalized spacial score (nSPS) is 19.9. The second-order valence-corrected chi connectivity index (χ2v) is 3.90. The SMILES string of the molecule is Cc1ccc(Br)c2c1NC(=O)C2O. The number of carbonyl (C=O) groups is 1. The van der Waals surface area contributed by atoms with E-state index in [1.807, 2.05) is 19.1 Å². The lowest BCUT2D eigenvalue weighted by Gasteiger charge is -2.05. The minimum Gasteiger partial charge on any atom is -0.378 e. The Hall–Kier alpha value is -0.870. The summed E-state index contributed by atoms with van der Waals surface area (Å²) < 4.78 is 0.763. The third kappa shape index (κ3) is 1.17. The molecule has 1 aliphatic rings. The second-order valence-electron chi connectivity index (χ2n) is 3.04. The molecule has 0 radical (unpaired) electrons. The van der Waals surface area contributed by atoms with E-state index < -0.39 is 6.10 Å².